The number of rotatable bonds is 8. The number of amides is 3. The van der Waals surface area contributed by atoms with Crippen molar-refractivity contribution in [3.63, 3.8) is 0 Å². The van der Waals surface area contributed by atoms with Crippen molar-refractivity contribution >= 4 is 39.1 Å². The van der Waals surface area contributed by atoms with E-state index in [9.17, 15) is 32.8 Å². The molecule has 5 rings (SSSR count). The summed E-state index contributed by atoms with van der Waals surface area (Å²) in [5.41, 5.74) is 0.208. The van der Waals surface area contributed by atoms with Gasteiger partial charge in [-0.3, -0.25) is 19.4 Å². The molecule has 2 aromatic rings. The number of likely N-dealkylation sites (tertiary alicyclic amines) is 1. The topological polar surface area (TPSA) is 124 Å². The van der Waals surface area contributed by atoms with Crippen LogP contribution in [0.15, 0.2) is 17.8 Å². The number of piperidine rings is 1. The zero-order valence-electron chi connectivity index (χ0n) is 25.0. The molecule has 44 heavy (non-hydrogen) atoms. The zero-order chi connectivity index (χ0) is 32.2. The Labute approximate surface area is 257 Å². The Morgan fingerprint density at radius 2 is 1.91 bits per heavy atom. The van der Waals surface area contributed by atoms with Crippen LogP contribution in [0.2, 0.25) is 0 Å². The Hall–Kier alpha value is -3.68. The molecule has 2 N–H and O–H groups in total. The average molecular weight is 630 g/mol. The molecule has 13 heteroatoms. The number of aromatic nitrogens is 1. The van der Waals surface area contributed by atoms with Crippen LogP contribution in [0.3, 0.4) is 0 Å². The lowest BCUT2D eigenvalue weighted by molar-refractivity contribution is -0.180. The Kier molecular flexibility index (Phi) is 8.19. The largest absolute Gasteiger partial charge is 0.471 e. The third kappa shape index (κ3) is 5.64. The van der Waals surface area contributed by atoms with Gasteiger partial charge in [-0.2, -0.15) is 18.4 Å². The fraction of sp³-hybridized carbons (Fsp3) is 0.581. The number of thiophene rings is 1. The first-order chi connectivity index (χ1) is 20.6. The van der Waals surface area contributed by atoms with Gasteiger partial charge in [-0.1, -0.05) is 19.8 Å². The quantitative estimate of drug-likeness (QED) is 0.422. The number of nitrogens with zero attached hydrogens (tertiary/aromatic N) is 3. The molecular formula is C31H34F3N5O4S. The highest BCUT2D eigenvalue weighted by molar-refractivity contribution is 7.17. The fourth-order valence-corrected chi connectivity index (χ4v) is 7.66. The van der Waals surface area contributed by atoms with E-state index in [-0.39, 0.29) is 23.8 Å². The van der Waals surface area contributed by atoms with Crippen LogP contribution in [0.5, 0.6) is 0 Å². The normalized spacial score (nSPS) is 24.9. The molecule has 3 amide bonds. The second-order valence-electron chi connectivity index (χ2n) is 12.7. The van der Waals surface area contributed by atoms with Crippen LogP contribution >= 0.6 is 11.3 Å². The highest BCUT2D eigenvalue weighted by Crippen LogP contribution is 2.65. The molecule has 1 saturated heterocycles. The van der Waals surface area contributed by atoms with E-state index in [1.54, 1.807) is 13.1 Å². The van der Waals surface area contributed by atoms with Crippen molar-refractivity contribution in [2.24, 2.45) is 17.3 Å². The third-order valence-electron chi connectivity index (χ3n) is 9.42. The standard InChI is InChI=1S/C31H34F3N5O4S/c1-6-8-17-15-44-21-13-36-12-18(22(17)21)20(11-35)37-26(40)25-23-19(29(23,3)4)14-39(25)27(41)24(38-28(42)31(32,33)34)16(2)43-30(5)9-7-10-30/h12-13,15-16,19-20,23-25H,7,9-10,14H2,1-5H3,(H,37,40)(H,38,42)/t16-,19+,20?,23+,24+,25+/m1/s1. The summed E-state index contributed by atoms with van der Waals surface area (Å²) >= 11 is 1.41. The second kappa shape index (κ2) is 11.4. The summed E-state index contributed by atoms with van der Waals surface area (Å²) in [6.07, 6.45) is -0.948. The summed E-state index contributed by atoms with van der Waals surface area (Å²) in [6, 6.07) is -1.76. The third-order valence-corrected chi connectivity index (χ3v) is 10.3. The van der Waals surface area contributed by atoms with Gasteiger partial charge in [0.05, 0.1) is 22.5 Å². The first-order valence-corrected chi connectivity index (χ1v) is 15.3. The van der Waals surface area contributed by atoms with Crippen LogP contribution in [0.1, 0.15) is 71.0 Å². The summed E-state index contributed by atoms with van der Waals surface area (Å²) in [4.78, 5) is 45.5. The molecule has 2 aromatic heterocycles. The highest BCUT2D eigenvalue weighted by atomic mass is 32.1. The van der Waals surface area contributed by atoms with Crippen LogP contribution in [0.4, 0.5) is 13.2 Å². The van der Waals surface area contributed by atoms with Crippen molar-refractivity contribution in [1.82, 2.24) is 20.5 Å². The van der Waals surface area contributed by atoms with E-state index in [0.29, 0.717) is 29.4 Å². The van der Waals surface area contributed by atoms with E-state index < -0.39 is 53.7 Å². The Bertz CT molecular complexity index is 1600. The molecule has 1 aliphatic heterocycles. The van der Waals surface area contributed by atoms with Gasteiger partial charge in [0.2, 0.25) is 11.8 Å². The van der Waals surface area contributed by atoms with Crippen molar-refractivity contribution in [3.8, 4) is 17.9 Å². The number of pyridine rings is 1. The van der Waals surface area contributed by atoms with Crippen molar-refractivity contribution in [2.75, 3.05) is 6.54 Å². The minimum absolute atomic E-state index is 0.0875. The van der Waals surface area contributed by atoms with Crippen molar-refractivity contribution in [3.05, 3.63) is 28.9 Å². The fourth-order valence-electron chi connectivity index (χ4n) is 6.77. The van der Waals surface area contributed by atoms with Crippen LogP contribution in [-0.4, -0.2) is 64.1 Å². The van der Waals surface area contributed by atoms with Gasteiger partial charge in [-0.15, -0.1) is 17.3 Å². The molecule has 0 aromatic carbocycles. The smallest absolute Gasteiger partial charge is 0.370 e. The summed E-state index contributed by atoms with van der Waals surface area (Å²) in [6.45, 7) is 9.00. The number of alkyl halides is 3. The van der Waals surface area contributed by atoms with Crippen LogP contribution < -0.4 is 10.6 Å². The number of carbonyl (C=O) groups excluding carboxylic acids is 3. The molecular weight excluding hydrogens is 595 g/mol. The minimum Gasteiger partial charge on any atom is -0.370 e. The Morgan fingerprint density at radius 3 is 2.50 bits per heavy atom. The molecule has 3 aliphatic rings. The lowest BCUT2D eigenvalue weighted by Crippen LogP contribution is -2.61. The summed E-state index contributed by atoms with van der Waals surface area (Å²) in [7, 11) is 0. The molecule has 0 spiro atoms. The number of fused-ring (bicyclic) bond motifs is 2. The zero-order valence-corrected chi connectivity index (χ0v) is 25.9. The summed E-state index contributed by atoms with van der Waals surface area (Å²) in [5.74, 6) is 1.77. The second-order valence-corrected chi connectivity index (χ2v) is 13.6. The van der Waals surface area contributed by atoms with Crippen LogP contribution in [-0.2, 0) is 19.1 Å². The van der Waals surface area contributed by atoms with Gasteiger partial charge in [-0.25, -0.2) is 0 Å². The van der Waals surface area contributed by atoms with E-state index in [1.807, 2.05) is 31.5 Å². The number of hydrogen-bond donors (Lipinski definition) is 2. The lowest BCUT2D eigenvalue weighted by Gasteiger charge is -2.43. The molecule has 2 saturated carbocycles. The van der Waals surface area contributed by atoms with Gasteiger partial charge >= 0.3 is 12.1 Å². The number of nitriles is 1. The maximum atomic E-state index is 14.0. The summed E-state index contributed by atoms with van der Waals surface area (Å²) in [5, 5.41) is 17.3. The van der Waals surface area contributed by atoms with Gasteiger partial charge < -0.3 is 20.3 Å². The van der Waals surface area contributed by atoms with E-state index in [4.69, 9.17) is 4.74 Å². The predicted octanol–water partition coefficient (Wildman–Crippen LogP) is 4.23. The van der Waals surface area contributed by atoms with E-state index in [1.165, 1.54) is 29.4 Å². The summed E-state index contributed by atoms with van der Waals surface area (Å²) < 4.78 is 46.8. The molecule has 3 heterocycles. The first-order valence-electron chi connectivity index (χ1n) is 14.5. The van der Waals surface area contributed by atoms with Gasteiger partial charge in [0, 0.05) is 40.8 Å². The van der Waals surface area contributed by atoms with Crippen LogP contribution in [0.25, 0.3) is 10.1 Å². The van der Waals surface area contributed by atoms with E-state index >= 15 is 0 Å². The van der Waals surface area contributed by atoms with Gasteiger partial charge in [0.15, 0.2) is 0 Å². The van der Waals surface area contributed by atoms with Gasteiger partial charge in [0.25, 0.3) is 0 Å². The van der Waals surface area contributed by atoms with Crippen molar-refractivity contribution < 1.29 is 32.3 Å². The number of halogens is 3. The SMILES string of the molecule is CC#Cc1csc2cncc(C(C#N)NC(=O)[C@@H]3[C@@H]4[C@H](CN3C(=O)[C@@H](NC(=O)C(F)(F)F)[C@@H](C)OC3(C)CCC3)C4(C)C)c12. The number of carbonyl (C=O) groups is 3. The molecule has 9 nitrogen and oxygen atoms in total. The number of ether oxygens (including phenoxy) is 1. The first kappa shape index (κ1) is 31.7. The molecule has 0 bridgehead atoms. The Balaban J connectivity index is 1.44. The maximum absolute atomic E-state index is 14.0. The average Bonchev–Trinajstić information content (AvgIpc) is 3.30. The van der Waals surface area contributed by atoms with Gasteiger partial charge in [-0.05, 0) is 57.3 Å². The Morgan fingerprint density at radius 1 is 1.20 bits per heavy atom. The van der Waals surface area contributed by atoms with E-state index in [2.05, 4.69) is 28.2 Å². The minimum atomic E-state index is -5.22. The lowest BCUT2D eigenvalue weighted by atomic mass is 9.81. The molecule has 2 aliphatic carbocycles. The molecule has 6 atom stereocenters. The highest BCUT2D eigenvalue weighted by Gasteiger charge is 2.70. The predicted molar refractivity (Wildman–Crippen MR) is 156 cm³/mol. The molecule has 3 fully saturated rings. The maximum Gasteiger partial charge on any atom is 0.471 e. The number of hydrogen-bond acceptors (Lipinski definition) is 7. The molecule has 0 radical (unpaired) electrons. The molecule has 234 valence electrons. The number of nitrogens with one attached hydrogen (secondary N) is 2. The van der Waals surface area contributed by atoms with Crippen LogP contribution in [0, 0.1) is 40.4 Å². The van der Waals surface area contributed by atoms with Crippen molar-refractivity contribution in [1.29, 1.82) is 5.26 Å². The van der Waals surface area contributed by atoms with Gasteiger partial charge in [0.1, 0.15) is 18.1 Å². The monoisotopic (exact) mass is 629 g/mol. The van der Waals surface area contributed by atoms with Crippen molar-refractivity contribution in [2.45, 2.75) is 89.9 Å². The van der Waals surface area contributed by atoms with E-state index in [0.717, 1.165) is 11.1 Å². The molecule has 1 unspecified atom stereocenters.